The largest absolute Gasteiger partial charge is 0.475 e. The summed E-state index contributed by atoms with van der Waals surface area (Å²) in [6, 6.07) is 22.3. The molecule has 2 fully saturated rings. The van der Waals surface area contributed by atoms with Crippen molar-refractivity contribution in [2.75, 3.05) is 0 Å². The molecule has 4 aliphatic rings. The number of carbonyl (C=O) groups is 4. The number of aromatic carboxylic acids is 1. The molecule has 0 radical (unpaired) electrons. The Kier molecular flexibility index (Phi) is 11.4. The van der Waals surface area contributed by atoms with E-state index in [-0.39, 0.29) is 65.3 Å². The van der Waals surface area contributed by atoms with Gasteiger partial charge in [-0.1, -0.05) is 60.7 Å². The van der Waals surface area contributed by atoms with Crippen LogP contribution in [0, 0.1) is 35.1 Å². The first-order chi connectivity index (χ1) is 29.3. The Morgan fingerprint density at radius 3 is 1.69 bits per heavy atom. The highest BCUT2D eigenvalue weighted by Gasteiger charge is 2.51. The first-order valence-electron chi connectivity index (χ1n) is 19.5. The summed E-state index contributed by atoms with van der Waals surface area (Å²) in [7, 11) is 0. The van der Waals surface area contributed by atoms with Gasteiger partial charge >= 0.3 is 5.97 Å². The number of carboxylic acid groups (broad SMARTS) is 1. The fourth-order valence-electron chi connectivity index (χ4n) is 8.16. The zero-order chi connectivity index (χ0) is 42.9. The van der Waals surface area contributed by atoms with E-state index in [4.69, 9.17) is 10.8 Å². The number of hydrogen-bond acceptors (Lipinski definition) is 9. The summed E-state index contributed by atoms with van der Waals surface area (Å²) >= 11 is 0. The second kappa shape index (κ2) is 17.0. The van der Waals surface area contributed by atoms with Crippen LogP contribution < -0.4 is 11.1 Å². The van der Waals surface area contributed by atoms with Crippen molar-refractivity contribution in [1.82, 2.24) is 35.7 Å². The molecule has 0 saturated heterocycles. The van der Waals surface area contributed by atoms with E-state index in [0.717, 1.165) is 29.7 Å². The van der Waals surface area contributed by atoms with Gasteiger partial charge in [0.25, 0.3) is 11.7 Å². The lowest BCUT2D eigenvalue weighted by Crippen LogP contribution is -2.43. The second-order valence-corrected chi connectivity index (χ2v) is 15.5. The average molecular weight is 835 g/mol. The molecule has 0 aliphatic heterocycles. The molecule has 17 heteroatoms. The topological polar surface area (TPSA) is 210 Å². The number of benzene rings is 4. The lowest BCUT2D eigenvalue weighted by Gasteiger charge is -2.15. The summed E-state index contributed by atoms with van der Waals surface area (Å²) in [4.78, 5) is 55.6. The first-order valence-corrected chi connectivity index (χ1v) is 19.5. The molecule has 4 aromatic carbocycles. The van der Waals surface area contributed by atoms with E-state index in [1.165, 1.54) is 12.1 Å². The van der Waals surface area contributed by atoms with Gasteiger partial charge in [0, 0.05) is 37.8 Å². The van der Waals surface area contributed by atoms with Crippen LogP contribution in [-0.2, 0) is 35.3 Å². The summed E-state index contributed by atoms with van der Waals surface area (Å²) < 4.78 is 54.6. The lowest BCUT2D eigenvalue weighted by atomic mass is 9.99. The third-order valence-electron chi connectivity index (χ3n) is 11.4. The van der Waals surface area contributed by atoms with Gasteiger partial charge in [-0.15, -0.1) is 10.2 Å². The molecule has 2 saturated carbocycles. The van der Waals surface area contributed by atoms with Crippen molar-refractivity contribution in [3.8, 4) is 0 Å². The van der Waals surface area contributed by atoms with Gasteiger partial charge in [-0.3, -0.25) is 24.6 Å². The minimum Gasteiger partial charge on any atom is -0.475 e. The van der Waals surface area contributed by atoms with Gasteiger partial charge in [-0.2, -0.15) is 0 Å². The number of ketones is 2. The standard InChI is InChI=1S/C22H18F2N4O2.C12H11F2NO.C10H9N3O2/c23-12-7-13-14-9-16(14)20(18(29)10-15(13)17(24)8-12)26-22(30)21-25-19(27-28-21)6-11-4-2-1-3-5-11;13-5-1-6-7-3-9(7)12(15)11(16)4-8(6)10(14)2-5;14-10(15)9-11-8(12-13-9)6-7-4-2-1-3-5-7/h1-5,7-8,14,16,20H,6,9-10H2,(H,26,30)(H,25,27,28);1-2,7,9,12H,3-4,15H2;1-5H,6H2,(H,14,15)(H,11,12,13)/t14-,16-,20+;7-,9-,12+;/m11./s1. The molecule has 2 aromatic heterocycles. The van der Waals surface area contributed by atoms with Gasteiger partial charge < -0.3 is 16.2 Å². The fourth-order valence-corrected chi connectivity index (χ4v) is 8.16. The van der Waals surface area contributed by atoms with E-state index in [0.29, 0.717) is 47.6 Å². The molecule has 6 aromatic rings. The highest BCUT2D eigenvalue weighted by atomic mass is 19.1. The SMILES string of the molecule is N[C@@H]1C(=O)Cc2c(F)cc(F)cc2[C@H]2C[C@@H]12.O=C(N[C@@H]1C(=O)Cc2c(F)cc(F)cc2[C@H]2C[C@@H]12)c1n[nH]c(Cc2ccccc2)n1.O=C(O)c1n[nH]c(Cc2ccccc2)n1. The Balaban J connectivity index is 0.000000139. The highest BCUT2D eigenvalue weighted by Crippen LogP contribution is 2.54. The van der Waals surface area contributed by atoms with Crippen molar-refractivity contribution in [2.45, 2.75) is 62.4 Å². The second-order valence-electron chi connectivity index (χ2n) is 15.5. The summed E-state index contributed by atoms with van der Waals surface area (Å²) in [6.45, 7) is 0. The predicted octanol–water partition coefficient (Wildman–Crippen LogP) is 5.32. The predicted molar refractivity (Wildman–Crippen MR) is 209 cm³/mol. The quantitative estimate of drug-likeness (QED) is 0.131. The maximum absolute atomic E-state index is 14.2. The van der Waals surface area contributed by atoms with Gasteiger partial charge in [-0.05, 0) is 82.0 Å². The molecule has 2 heterocycles. The van der Waals surface area contributed by atoms with Gasteiger partial charge in [0.2, 0.25) is 5.82 Å². The molecular weight excluding hydrogens is 797 g/mol. The number of aromatic nitrogens is 6. The van der Waals surface area contributed by atoms with Crippen molar-refractivity contribution >= 4 is 23.4 Å². The summed E-state index contributed by atoms with van der Waals surface area (Å²) in [5, 5.41) is 24.2. The van der Waals surface area contributed by atoms with Crippen molar-refractivity contribution in [3.63, 3.8) is 0 Å². The number of halogens is 4. The Morgan fingerprint density at radius 1 is 0.689 bits per heavy atom. The fraction of sp³-hybridized carbons (Fsp3) is 0.273. The van der Waals surface area contributed by atoms with Crippen molar-refractivity contribution in [3.05, 3.63) is 165 Å². The zero-order valence-corrected chi connectivity index (χ0v) is 32.2. The van der Waals surface area contributed by atoms with E-state index in [9.17, 15) is 36.7 Å². The van der Waals surface area contributed by atoms with Crippen LogP contribution in [0.1, 0.15) is 90.9 Å². The number of rotatable bonds is 7. The zero-order valence-electron chi connectivity index (χ0n) is 32.2. The van der Waals surface area contributed by atoms with Crippen LogP contribution in [0.3, 0.4) is 0 Å². The number of nitrogens with zero attached hydrogens (tertiary/aromatic N) is 4. The van der Waals surface area contributed by atoms with Gasteiger partial charge in [-0.25, -0.2) is 32.3 Å². The number of hydrogen-bond donors (Lipinski definition) is 5. The lowest BCUT2D eigenvalue weighted by molar-refractivity contribution is -0.121. The molecule has 0 spiro atoms. The molecule has 10 rings (SSSR count). The molecule has 0 unspecified atom stereocenters. The molecule has 61 heavy (non-hydrogen) atoms. The van der Waals surface area contributed by atoms with E-state index in [2.05, 4.69) is 35.7 Å². The molecule has 13 nitrogen and oxygen atoms in total. The number of carboxylic acids is 1. The van der Waals surface area contributed by atoms with Gasteiger partial charge in [0.05, 0.1) is 12.1 Å². The summed E-state index contributed by atoms with van der Waals surface area (Å²) in [6.07, 6.45) is 2.24. The molecular formula is C44H38F4N8O5. The Hall–Kier alpha value is -6.88. The minimum absolute atomic E-state index is 0.00435. The van der Waals surface area contributed by atoms with Crippen molar-refractivity contribution < 1.29 is 41.8 Å². The van der Waals surface area contributed by atoms with Crippen molar-refractivity contribution in [1.29, 1.82) is 0 Å². The molecule has 1 amide bonds. The van der Waals surface area contributed by atoms with Crippen LogP contribution >= 0.6 is 0 Å². The first kappa shape index (κ1) is 40.9. The minimum atomic E-state index is -1.12. The maximum Gasteiger partial charge on any atom is 0.375 e. The summed E-state index contributed by atoms with van der Waals surface area (Å²) in [5.74, 6) is -4.00. The summed E-state index contributed by atoms with van der Waals surface area (Å²) in [5.41, 5.74) is 9.59. The van der Waals surface area contributed by atoms with Crippen LogP contribution in [0.5, 0.6) is 0 Å². The Morgan fingerprint density at radius 2 is 1.16 bits per heavy atom. The monoisotopic (exact) mass is 834 g/mol. The van der Waals surface area contributed by atoms with E-state index < -0.39 is 47.2 Å². The molecule has 6 N–H and O–H groups in total. The van der Waals surface area contributed by atoms with E-state index >= 15 is 0 Å². The van der Waals surface area contributed by atoms with Crippen LogP contribution in [0.2, 0.25) is 0 Å². The number of carbonyl (C=O) groups excluding carboxylic acids is 3. The number of fused-ring (bicyclic) bond motifs is 6. The van der Waals surface area contributed by atoms with Crippen LogP contribution in [0.15, 0.2) is 84.9 Å². The number of Topliss-reactive ketones (excluding diaryl/α,β-unsaturated/α-hetero) is 2. The third-order valence-corrected chi connectivity index (χ3v) is 11.4. The third kappa shape index (κ3) is 9.16. The average Bonchev–Trinajstić information content (AvgIpc) is 4.12. The molecule has 0 bridgehead atoms. The Labute approximate surface area is 345 Å². The number of amides is 1. The number of H-pyrrole nitrogens is 2. The Bertz CT molecular complexity index is 2640. The molecule has 312 valence electrons. The van der Waals surface area contributed by atoms with Crippen molar-refractivity contribution in [2.24, 2.45) is 17.6 Å². The highest BCUT2D eigenvalue weighted by molar-refractivity contribution is 5.97. The van der Waals surface area contributed by atoms with E-state index in [1.54, 1.807) is 0 Å². The number of aromatic amines is 2. The van der Waals surface area contributed by atoms with Crippen LogP contribution in [-0.4, -0.2) is 71.0 Å². The maximum atomic E-state index is 14.2. The van der Waals surface area contributed by atoms with Gasteiger partial charge in [0.1, 0.15) is 34.9 Å². The van der Waals surface area contributed by atoms with Crippen LogP contribution in [0.25, 0.3) is 0 Å². The molecule has 6 atom stereocenters. The smallest absolute Gasteiger partial charge is 0.375 e. The number of nitrogens with one attached hydrogen (secondary N) is 3. The van der Waals surface area contributed by atoms with Gasteiger partial charge in [0.15, 0.2) is 11.6 Å². The van der Waals surface area contributed by atoms with E-state index in [1.807, 2.05) is 60.7 Å². The number of nitrogens with two attached hydrogens (primary N) is 1. The molecule has 4 aliphatic carbocycles. The van der Waals surface area contributed by atoms with Crippen LogP contribution in [0.4, 0.5) is 17.6 Å². The normalized spacial score (nSPS) is 21.7.